The molecular weight excluding hydrogens is 308 g/mol. The van der Waals surface area contributed by atoms with E-state index in [1.54, 1.807) is 19.5 Å². The third kappa shape index (κ3) is 3.20. The Balaban J connectivity index is 1.73. The summed E-state index contributed by atoms with van der Waals surface area (Å²) in [7, 11) is 1.59. The molecule has 0 atom stereocenters. The number of aryl methyl sites for hydroxylation is 2. The Morgan fingerprint density at radius 3 is 2.67 bits per heavy atom. The van der Waals surface area contributed by atoms with Gasteiger partial charge in [0.25, 0.3) is 11.8 Å². The Kier molecular flexibility index (Phi) is 4.69. The van der Waals surface area contributed by atoms with Crippen LogP contribution in [0, 0.1) is 13.8 Å². The molecule has 0 N–H and O–H groups in total. The van der Waals surface area contributed by atoms with Gasteiger partial charge in [-0.2, -0.15) is 0 Å². The molecular formula is C17H22N4O3. The molecule has 0 aliphatic carbocycles. The lowest BCUT2D eigenvalue weighted by Crippen LogP contribution is -2.35. The molecule has 0 bridgehead atoms. The van der Waals surface area contributed by atoms with E-state index in [0.717, 1.165) is 24.5 Å². The molecule has 7 nitrogen and oxygen atoms in total. The standard InChI is InChI=1S/C17H22N4O3/c1-12-11-14(13(2)24-12)17(22)21-8-4-7-20(9-10-21)15-16(23-3)19-6-5-18-15/h5-6,11H,4,7-10H2,1-3H3. The number of ether oxygens (including phenoxy) is 1. The summed E-state index contributed by atoms with van der Waals surface area (Å²) in [5.74, 6) is 2.70. The van der Waals surface area contributed by atoms with Gasteiger partial charge in [-0.3, -0.25) is 4.79 Å². The molecule has 3 rings (SSSR count). The van der Waals surface area contributed by atoms with Crippen LogP contribution in [0.2, 0.25) is 0 Å². The summed E-state index contributed by atoms with van der Waals surface area (Å²) >= 11 is 0. The first-order chi connectivity index (χ1) is 11.6. The predicted octanol–water partition coefficient (Wildman–Crippen LogP) is 2.05. The summed E-state index contributed by atoms with van der Waals surface area (Å²) in [5, 5.41) is 0. The number of aromatic nitrogens is 2. The van der Waals surface area contributed by atoms with Crippen molar-refractivity contribution in [2.24, 2.45) is 0 Å². The molecule has 24 heavy (non-hydrogen) atoms. The summed E-state index contributed by atoms with van der Waals surface area (Å²) in [4.78, 5) is 25.3. The van der Waals surface area contributed by atoms with Gasteiger partial charge in [-0.1, -0.05) is 0 Å². The second-order valence-electron chi connectivity index (χ2n) is 5.85. The maximum atomic E-state index is 12.7. The molecule has 0 unspecified atom stereocenters. The van der Waals surface area contributed by atoms with Crippen LogP contribution in [0.4, 0.5) is 5.82 Å². The lowest BCUT2D eigenvalue weighted by Gasteiger charge is -2.23. The Labute approximate surface area is 141 Å². The van der Waals surface area contributed by atoms with Gasteiger partial charge >= 0.3 is 0 Å². The fourth-order valence-electron chi connectivity index (χ4n) is 3.02. The van der Waals surface area contributed by atoms with Crippen LogP contribution in [0.1, 0.15) is 28.3 Å². The summed E-state index contributed by atoms with van der Waals surface area (Å²) < 4.78 is 10.8. The van der Waals surface area contributed by atoms with Crippen LogP contribution in [0.25, 0.3) is 0 Å². The lowest BCUT2D eigenvalue weighted by atomic mass is 10.2. The topological polar surface area (TPSA) is 71.7 Å². The number of carbonyl (C=O) groups excluding carboxylic acids is 1. The zero-order valence-corrected chi connectivity index (χ0v) is 14.3. The number of amides is 1. The molecule has 7 heteroatoms. The SMILES string of the molecule is COc1nccnc1N1CCCN(C(=O)c2cc(C)oc2C)CC1. The number of methoxy groups -OCH3 is 1. The van der Waals surface area contributed by atoms with E-state index >= 15 is 0 Å². The van der Waals surface area contributed by atoms with Crippen LogP contribution >= 0.6 is 0 Å². The largest absolute Gasteiger partial charge is 0.478 e. The minimum absolute atomic E-state index is 0.0253. The van der Waals surface area contributed by atoms with Crippen LogP contribution in [0.15, 0.2) is 22.9 Å². The molecule has 3 heterocycles. The van der Waals surface area contributed by atoms with Crippen molar-refractivity contribution in [3.8, 4) is 5.88 Å². The number of rotatable bonds is 3. The number of furan rings is 1. The Hall–Kier alpha value is -2.57. The van der Waals surface area contributed by atoms with Crippen molar-refractivity contribution >= 4 is 11.7 Å². The van der Waals surface area contributed by atoms with Gasteiger partial charge in [-0.15, -0.1) is 0 Å². The molecule has 128 valence electrons. The van der Waals surface area contributed by atoms with Crippen molar-refractivity contribution in [3.63, 3.8) is 0 Å². The highest BCUT2D eigenvalue weighted by Gasteiger charge is 2.25. The number of hydrogen-bond donors (Lipinski definition) is 0. The molecule has 1 aliphatic rings. The van der Waals surface area contributed by atoms with E-state index in [0.29, 0.717) is 36.8 Å². The lowest BCUT2D eigenvalue weighted by molar-refractivity contribution is 0.0765. The molecule has 1 amide bonds. The average molecular weight is 330 g/mol. The first-order valence-electron chi connectivity index (χ1n) is 8.06. The highest BCUT2D eigenvalue weighted by molar-refractivity contribution is 5.95. The molecule has 0 spiro atoms. The second kappa shape index (κ2) is 6.90. The number of anilines is 1. The van der Waals surface area contributed by atoms with Gasteiger partial charge in [0, 0.05) is 38.6 Å². The second-order valence-corrected chi connectivity index (χ2v) is 5.85. The normalized spacial score (nSPS) is 15.3. The minimum Gasteiger partial charge on any atom is -0.478 e. The molecule has 1 fully saturated rings. The summed E-state index contributed by atoms with van der Waals surface area (Å²) in [6.07, 6.45) is 4.13. The average Bonchev–Trinajstić information content (AvgIpc) is 2.79. The summed E-state index contributed by atoms with van der Waals surface area (Å²) in [5.41, 5.74) is 0.651. The van der Waals surface area contributed by atoms with Gasteiger partial charge < -0.3 is 19.0 Å². The molecule has 0 saturated carbocycles. The van der Waals surface area contributed by atoms with Crippen LogP contribution < -0.4 is 9.64 Å². The van der Waals surface area contributed by atoms with Crippen molar-refractivity contribution in [1.29, 1.82) is 0 Å². The smallest absolute Gasteiger partial charge is 0.257 e. The van der Waals surface area contributed by atoms with Crippen molar-refractivity contribution in [2.45, 2.75) is 20.3 Å². The Morgan fingerprint density at radius 1 is 1.17 bits per heavy atom. The van der Waals surface area contributed by atoms with Gasteiger partial charge in [-0.05, 0) is 26.3 Å². The molecule has 2 aromatic rings. The van der Waals surface area contributed by atoms with Crippen LogP contribution in [-0.2, 0) is 0 Å². The molecule has 1 saturated heterocycles. The fourth-order valence-corrected chi connectivity index (χ4v) is 3.02. The van der Waals surface area contributed by atoms with E-state index in [-0.39, 0.29) is 5.91 Å². The summed E-state index contributed by atoms with van der Waals surface area (Å²) in [6.45, 7) is 6.52. The van der Waals surface area contributed by atoms with Crippen molar-refractivity contribution in [3.05, 3.63) is 35.5 Å². The predicted molar refractivity (Wildman–Crippen MR) is 89.5 cm³/mol. The van der Waals surface area contributed by atoms with Crippen LogP contribution in [0.3, 0.4) is 0 Å². The maximum Gasteiger partial charge on any atom is 0.257 e. The Bertz CT molecular complexity index is 728. The van der Waals surface area contributed by atoms with E-state index in [4.69, 9.17) is 9.15 Å². The maximum absolute atomic E-state index is 12.7. The molecule has 2 aromatic heterocycles. The van der Waals surface area contributed by atoms with Crippen LogP contribution in [0.5, 0.6) is 5.88 Å². The number of carbonyl (C=O) groups is 1. The third-order valence-corrected chi connectivity index (χ3v) is 4.19. The Morgan fingerprint density at radius 2 is 1.96 bits per heavy atom. The fraction of sp³-hybridized carbons (Fsp3) is 0.471. The van der Waals surface area contributed by atoms with Gasteiger partial charge in [0.2, 0.25) is 0 Å². The highest BCUT2D eigenvalue weighted by atomic mass is 16.5. The van der Waals surface area contributed by atoms with Gasteiger partial charge in [0.15, 0.2) is 5.82 Å². The minimum atomic E-state index is 0.0253. The van der Waals surface area contributed by atoms with Crippen molar-refractivity contribution in [1.82, 2.24) is 14.9 Å². The van der Waals surface area contributed by atoms with Gasteiger partial charge in [0.1, 0.15) is 11.5 Å². The van der Waals surface area contributed by atoms with Crippen molar-refractivity contribution in [2.75, 3.05) is 38.2 Å². The quantitative estimate of drug-likeness (QED) is 0.858. The third-order valence-electron chi connectivity index (χ3n) is 4.19. The van der Waals surface area contributed by atoms with E-state index in [2.05, 4.69) is 14.9 Å². The highest BCUT2D eigenvalue weighted by Crippen LogP contribution is 2.24. The zero-order valence-electron chi connectivity index (χ0n) is 14.3. The van der Waals surface area contributed by atoms with Crippen molar-refractivity contribution < 1.29 is 13.9 Å². The first-order valence-corrected chi connectivity index (χ1v) is 8.06. The van der Waals surface area contributed by atoms with Gasteiger partial charge in [0.05, 0.1) is 12.7 Å². The van der Waals surface area contributed by atoms with E-state index in [9.17, 15) is 4.79 Å². The zero-order chi connectivity index (χ0) is 17.1. The number of nitrogens with zero attached hydrogens (tertiary/aromatic N) is 4. The van der Waals surface area contributed by atoms with E-state index < -0.39 is 0 Å². The summed E-state index contributed by atoms with van der Waals surface area (Å²) in [6, 6.07) is 1.81. The van der Waals surface area contributed by atoms with E-state index in [1.807, 2.05) is 24.8 Å². The molecule has 0 radical (unpaired) electrons. The van der Waals surface area contributed by atoms with Crippen LogP contribution in [-0.4, -0.2) is 54.1 Å². The number of hydrogen-bond acceptors (Lipinski definition) is 6. The molecule has 0 aromatic carbocycles. The van der Waals surface area contributed by atoms with Gasteiger partial charge in [-0.25, -0.2) is 9.97 Å². The molecule has 1 aliphatic heterocycles. The first kappa shape index (κ1) is 16.3. The monoisotopic (exact) mass is 330 g/mol. The van der Waals surface area contributed by atoms with E-state index in [1.165, 1.54) is 0 Å².